The van der Waals surface area contributed by atoms with E-state index >= 15 is 0 Å². The molecule has 15 heavy (non-hydrogen) atoms. The van der Waals surface area contributed by atoms with E-state index in [9.17, 15) is 8.42 Å². The SMILES string of the molecule is CCCS(=O)(=O)N(C(C)C)C1CCNC1. The van der Waals surface area contributed by atoms with Crippen molar-refractivity contribution < 1.29 is 8.42 Å². The second-order valence-electron chi connectivity index (χ2n) is 4.39. The van der Waals surface area contributed by atoms with Gasteiger partial charge in [0.1, 0.15) is 0 Å². The fraction of sp³-hybridized carbons (Fsp3) is 1.00. The predicted octanol–water partition coefficient (Wildman–Crippen LogP) is 0.798. The first-order valence-electron chi connectivity index (χ1n) is 5.71. The Labute approximate surface area is 93.1 Å². The maximum absolute atomic E-state index is 12.1. The highest BCUT2D eigenvalue weighted by Gasteiger charge is 2.33. The third kappa shape index (κ3) is 3.16. The molecule has 0 spiro atoms. The molecule has 1 unspecified atom stereocenters. The van der Waals surface area contributed by atoms with Crippen molar-refractivity contribution in [2.75, 3.05) is 18.8 Å². The summed E-state index contributed by atoms with van der Waals surface area (Å²) in [6.45, 7) is 7.52. The van der Waals surface area contributed by atoms with Gasteiger partial charge in [-0.15, -0.1) is 0 Å². The van der Waals surface area contributed by atoms with Gasteiger partial charge in [0.2, 0.25) is 10.0 Å². The minimum absolute atomic E-state index is 0.0615. The molecule has 0 radical (unpaired) electrons. The van der Waals surface area contributed by atoms with E-state index in [1.165, 1.54) is 0 Å². The minimum Gasteiger partial charge on any atom is -0.315 e. The van der Waals surface area contributed by atoms with Gasteiger partial charge in [-0.3, -0.25) is 0 Å². The van der Waals surface area contributed by atoms with E-state index in [1.54, 1.807) is 4.31 Å². The van der Waals surface area contributed by atoms with Crippen molar-refractivity contribution in [2.45, 2.75) is 45.7 Å². The van der Waals surface area contributed by atoms with Crippen LogP contribution < -0.4 is 5.32 Å². The van der Waals surface area contributed by atoms with Crippen LogP contribution in [0, 0.1) is 0 Å². The standard InChI is InChI=1S/C10H22N2O2S/c1-4-7-15(13,14)12(9(2)3)10-5-6-11-8-10/h9-11H,4-8H2,1-3H3. The molecule has 1 heterocycles. The quantitative estimate of drug-likeness (QED) is 0.765. The number of hydrogen-bond acceptors (Lipinski definition) is 3. The zero-order valence-electron chi connectivity index (χ0n) is 9.86. The van der Waals surface area contributed by atoms with Gasteiger partial charge < -0.3 is 5.32 Å². The number of sulfonamides is 1. The molecule has 1 aliphatic rings. The molecule has 0 aromatic rings. The molecule has 0 aliphatic carbocycles. The van der Waals surface area contributed by atoms with Crippen LogP contribution in [0.5, 0.6) is 0 Å². The molecule has 1 fully saturated rings. The third-order valence-electron chi connectivity index (χ3n) is 2.69. The summed E-state index contributed by atoms with van der Waals surface area (Å²) >= 11 is 0. The molecule has 1 N–H and O–H groups in total. The fourth-order valence-corrected chi connectivity index (χ4v) is 4.19. The summed E-state index contributed by atoms with van der Waals surface area (Å²) in [6.07, 6.45) is 1.62. The van der Waals surface area contributed by atoms with Crippen LogP contribution in [0.4, 0.5) is 0 Å². The summed E-state index contributed by atoms with van der Waals surface area (Å²) in [5.74, 6) is 0.266. The van der Waals surface area contributed by atoms with Crippen molar-refractivity contribution in [1.82, 2.24) is 9.62 Å². The van der Waals surface area contributed by atoms with Gasteiger partial charge in [0.05, 0.1) is 5.75 Å². The average Bonchev–Trinajstić information content (AvgIpc) is 2.55. The normalized spacial score (nSPS) is 22.9. The van der Waals surface area contributed by atoms with E-state index < -0.39 is 10.0 Å². The van der Waals surface area contributed by atoms with E-state index in [1.807, 2.05) is 20.8 Å². The van der Waals surface area contributed by atoms with Crippen LogP contribution in [0.3, 0.4) is 0 Å². The molecule has 1 aliphatic heterocycles. The van der Waals surface area contributed by atoms with Crippen LogP contribution in [-0.4, -0.2) is 43.6 Å². The number of rotatable bonds is 5. The van der Waals surface area contributed by atoms with E-state index in [2.05, 4.69) is 5.32 Å². The Morgan fingerprint density at radius 1 is 1.47 bits per heavy atom. The van der Waals surface area contributed by atoms with Gasteiger partial charge in [-0.05, 0) is 33.2 Å². The Kier molecular flexibility index (Phi) is 4.55. The molecule has 4 nitrogen and oxygen atoms in total. The molecule has 0 aromatic heterocycles. The van der Waals surface area contributed by atoms with Crippen molar-refractivity contribution in [3.05, 3.63) is 0 Å². The number of hydrogen-bond donors (Lipinski definition) is 1. The topological polar surface area (TPSA) is 49.4 Å². The Morgan fingerprint density at radius 2 is 2.13 bits per heavy atom. The molecule has 5 heteroatoms. The maximum atomic E-state index is 12.1. The zero-order chi connectivity index (χ0) is 11.5. The number of nitrogens with one attached hydrogen (secondary N) is 1. The molecule has 0 bridgehead atoms. The summed E-state index contributed by atoms with van der Waals surface area (Å²) in [6, 6.07) is 0.216. The van der Waals surface area contributed by atoms with Gasteiger partial charge in [0, 0.05) is 18.6 Å². The van der Waals surface area contributed by atoms with Crippen LogP contribution in [0.15, 0.2) is 0 Å². The smallest absolute Gasteiger partial charge is 0.214 e. The van der Waals surface area contributed by atoms with Gasteiger partial charge in [-0.25, -0.2) is 8.42 Å². The first-order valence-corrected chi connectivity index (χ1v) is 7.32. The van der Waals surface area contributed by atoms with Crippen LogP contribution in [-0.2, 0) is 10.0 Å². The molecule has 1 rings (SSSR count). The molecular weight excluding hydrogens is 212 g/mol. The summed E-state index contributed by atoms with van der Waals surface area (Å²) in [4.78, 5) is 0. The van der Waals surface area contributed by atoms with Crippen LogP contribution in [0.2, 0.25) is 0 Å². The highest BCUT2D eigenvalue weighted by Crippen LogP contribution is 2.18. The lowest BCUT2D eigenvalue weighted by molar-refractivity contribution is 0.286. The molecule has 0 aromatic carbocycles. The molecular formula is C10H22N2O2S. The van der Waals surface area contributed by atoms with E-state index in [4.69, 9.17) is 0 Å². The highest BCUT2D eigenvalue weighted by molar-refractivity contribution is 7.89. The lowest BCUT2D eigenvalue weighted by Gasteiger charge is -2.31. The summed E-state index contributed by atoms with van der Waals surface area (Å²) in [5.41, 5.74) is 0. The molecule has 1 saturated heterocycles. The van der Waals surface area contributed by atoms with E-state index in [0.29, 0.717) is 6.42 Å². The molecule has 0 amide bonds. The van der Waals surface area contributed by atoms with Crippen molar-refractivity contribution >= 4 is 10.0 Å². The summed E-state index contributed by atoms with van der Waals surface area (Å²) in [7, 11) is -3.06. The average molecular weight is 234 g/mol. The van der Waals surface area contributed by atoms with Crippen LogP contribution in [0.25, 0.3) is 0 Å². The lowest BCUT2D eigenvalue weighted by Crippen LogP contribution is -2.46. The van der Waals surface area contributed by atoms with Gasteiger partial charge in [0.25, 0.3) is 0 Å². The monoisotopic (exact) mass is 234 g/mol. The Bertz CT molecular complexity index is 282. The zero-order valence-corrected chi connectivity index (χ0v) is 10.7. The van der Waals surface area contributed by atoms with Crippen molar-refractivity contribution in [3.8, 4) is 0 Å². The Balaban J connectivity index is 2.81. The molecule has 90 valence electrons. The van der Waals surface area contributed by atoms with Crippen LogP contribution in [0.1, 0.15) is 33.6 Å². The van der Waals surface area contributed by atoms with Crippen molar-refractivity contribution in [2.24, 2.45) is 0 Å². The summed E-state index contributed by atoms with van der Waals surface area (Å²) < 4.78 is 25.8. The van der Waals surface area contributed by atoms with Gasteiger partial charge in [-0.1, -0.05) is 6.92 Å². The Hall–Kier alpha value is -0.130. The second kappa shape index (κ2) is 5.27. The largest absolute Gasteiger partial charge is 0.315 e. The lowest BCUT2D eigenvalue weighted by atomic mass is 10.2. The first-order chi connectivity index (χ1) is 6.99. The van der Waals surface area contributed by atoms with Gasteiger partial charge >= 0.3 is 0 Å². The van der Waals surface area contributed by atoms with Crippen molar-refractivity contribution in [1.29, 1.82) is 0 Å². The molecule has 1 atom stereocenters. The summed E-state index contributed by atoms with van der Waals surface area (Å²) in [5, 5.41) is 3.22. The fourth-order valence-electron chi connectivity index (χ4n) is 2.19. The first kappa shape index (κ1) is 12.9. The van der Waals surface area contributed by atoms with Crippen molar-refractivity contribution in [3.63, 3.8) is 0 Å². The Morgan fingerprint density at radius 3 is 2.53 bits per heavy atom. The van der Waals surface area contributed by atoms with E-state index in [-0.39, 0.29) is 17.8 Å². The predicted molar refractivity (Wildman–Crippen MR) is 62.3 cm³/mol. The van der Waals surface area contributed by atoms with Gasteiger partial charge in [-0.2, -0.15) is 4.31 Å². The third-order valence-corrected chi connectivity index (χ3v) is 4.97. The maximum Gasteiger partial charge on any atom is 0.214 e. The number of nitrogens with zero attached hydrogens (tertiary/aromatic N) is 1. The van der Waals surface area contributed by atoms with E-state index in [0.717, 1.165) is 19.5 Å². The minimum atomic E-state index is -3.06. The van der Waals surface area contributed by atoms with Crippen LogP contribution >= 0.6 is 0 Å². The molecule has 0 saturated carbocycles. The van der Waals surface area contributed by atoms with Gasteiger partial charge in [0.15, 0.2) is 0 Å². The second-order valence-corrected chi connectivity index (χ2v) is 6.38. The highest BCUT2D eigenvalue weighted by atomic mass is 32.2.